The normalized spacial score (nSPS) is 10.1. The predicted molar refractivity (Wildman–Crippen MR) is 65.7 cm³/mol. The number of aromatic nitrogens is 3. The standard InChI is InChI=1S/C10H6Br2N4/c11-9-10(12)15-16(14-9)6-8-3-1-7(5-13)2-4-8/h1-4H,6H2. The van der Waals surface area contributed by atoms with Crippen LogP contribution >= 0.6 is 31.9 Å². The van der Waals surface area contributed by atoms with Crippen LogP contribution in [0.5, 0.6) is 0 Å². The fraction of sp³-hybridized carbons (Fsp3) is 0.100. The van der Waals surface area contributed by atoms with Crippen molar-refractivity contribution in [1.82, 2.24) is 15.0 Å². The minimum atomic E-state index is 0.579. The van der Waals surface area contributed by atoms with Gasteiger partial charge < -0.3 is 0 Å². The third kappa shape index (κ3) is 2.49. The molecule has 0 atom stereocenters. The maximum atomic E-state index is 8.67. The van der Waals surface area contributed by atoms with Gasteiger partial charge in [-0.05, 0) is 49.6 Å². The van der Waals surface area contributed by atoms with E-state index in [0.717, 1.165) is 5.56 Å². The van der Waals surface area contributed by atoms with E-state index < -0.39 is 0 Å². The van der Waals surface area contributed by atoms with Gasteiger partial charge in [0.15, 0.2) is 9.21 Å². The van der Waals surface area contributed by atoms with E-state index in [9.17, 15) is 0 Å². The first-order valence-electron chi connectivity index (χ1n) is 4.44. The number of nitriles is 1. The lowest BCUT2D eigenvalue weighted by atomic mass is 10.1. The molecular weight excluding hydrogens is 336 g/mol. The van der Waals surface area contributed by atoms with Gasteiger partial charge in [0.1, 0.15) is 0 Å². The zero-order valence-corrected chi connectivity index (χ0v) is 11.2. The number of hydrogen-bond acceptors (Lipinski definition) is 3. The summed E-state index contributed by atoms with van der Waals surface area (Å²) in [6.07, 6.45) is 0. The van der Waals surface area contributed by atoms with Gasteiger partial charge in [0.05, 0.1) is 18.2 Å². The van der Waals surface area contributed by atoms with Crippen LogP contribution in [0, 0.1) is 11.3 Å². The molecule has 0 N–H and O–H groups in total. The van der Waals surface area contributed by atoms with Crippen molar-refractivity contribution >= 4 is 31.9 Å². The Hall–Kier alpha value is -1.19. The van der Waals surface area contributed by atoms with Crippen LogP contribution < -0.4 is 0 Å². The van der Waals surface area contributed by atoms with Crippen LogP contribution in [0.1, 0.15) is 11.1 Å². The molecule has 0 spiro atoms. The van der Waals surface area contributed by atoms with Gasteiger partial charge in [-0.3, -0.25) is 0 Å². The molecule has 1 heterocycles. The van der Waals surface area contributed by atoms with Gasteiger partial charge in [0.25, 0.3) is 0 Å². The summed E-state index contributed by atoms with van der Waals surface area (Å²) in [7, 11) is 0. The van der Waals surface area contributed by atoms with E-state index in [-0.39, 0.29) is 0 Å². The first-order valence-corrected chi connectivity index (χ1v) is 6.03. The molecule has 0 aliphatic heterocycles. The molecule has 4 nitrogen and oxygen atoms in total. The molecule has 0 aliphatic rings. The van der Waals surface area contributed by atoms with Crippen LogP contribution in [0.2, 0.25) is 0 Å². The average molecular weight is 342 g/mol. The Balaban J connectivity index is 2.18. The summed E-state index contributed by atoms with van der Waals surface area (Å²) in [5.74, 6) is 0. The zero-order valence-electron chi connectivity index (χ0n) is 8.06. The van der Waals surface area contributed by atoms with Crippen molar-refractivity contribution < 1.29 is 0 Å². The van der Waals surface area contributed by atoms with Crippen molar-refractivity contribution in [2.75, 3.05) is 0 Å². The maximum Gasteiger partial charge on any atom is 0.162 e. The molecule has 16 heavy (non-hydrogen) atoms. The molecular formula is C10H6Br2N4. The van der Waals surface area contributed by atoms with Crippen molar-refractivity contribution in [2.45, 2.75) is 6.54 Å². The summed E-state index contributed by atoms with van der Waals surface area (Å²) in [4.78, 5) is 1.58. The van der Waals surface area contributed by atoms with Gasteiger partial charge >= 0.3 is 0 Å². The molecule has 0 amide bonds. The topological polar surface area (TPSA) is 54.5 Å². The van der Waals surface area contributed by atoms with Gasteiger partial charge in [0.2, 0.25) is 0 Å². The van der Waals surface area contributed by atoms with Crippen LogP contribution in [-0.4, -0.2) is 15.0 Å². The quantitative estimate of drug-likeness (QED) is 0.843. The van der Waals surface area contributed by atoms with Crippen LogP contribution in [0.15, 0.2) is 33.5 Å². The molecule has 0 unspecified atom stereocenters. The lowest BCUT2D eigenvalue weighted by Gasteiger charge is -1.99. The second kappa shape index (κ2) is 4.76. The van der Waals surface area contributed by atoms with E-state index in [1.807, 2.05) is 12.1 Å². The van der Waals surface area contributed by atoms with Gasteiger partial charge in [-0.2, -0.15) is 10.1 Å². The molecule has 2 aromatic rings. The summed E-state index contributed by atoms with van der Waals surface area (Å²) < 4.78 is 1.36. The molecule has 2 rings (SSSR count). The van der Waals surface area contributed by atoms with E-state index in [2.05, 4.69) is 48.1 Å². The Kier molecular flexibility index (Phi) is 3.36. The zero-order chi connectivity index (χ0) is 11.5. The minimum absolute atomic E-state index is 0.579. The molecule has 80 valence electrons. The smallest absolute Gasteiger partial charge is 0.162 e. The molecule has 0 saturated heterocycles. The van der Waals surface area contributed by atoms with Crippen LogP contribution in [-0.2, 0) is 6.54 Å². The maximum absolute atomic E-state index is 8.67. The highest BCUT2D eigenvalue weighted by atomic mass is 79.9. The summed E-state index contributed by atoms with van der Waals surface area (Å²) >= 11 is 6.54. The molecule has 6 heteroatoms. The third-order valence-corrected chi connectivity index (χ3v) is 3.58. The third-order valence-electron chi connectivity index (χ3n) is 1.98. The van der Waals surface area contributed by atoms with Gasteiger partial charge in [0, 0.05) is 0 Å². The Morgan fingerprint density at radius 2 is 1.69 bits per heavy atom. The van der Waals surface area contributed by atoms with Gasteiger partial charge in [-0.25, -0.2) is 0 Å². The first-order chi connectivity index (χ1) is 7.69. The molecule has 1 aromatic carbocycles. The molecule has 1 aromatic heterocycles. The largest absolute Gasteiger partial charge is 0.192 e. The van der Waals surface area contributed by atoms with Crippen molar-refractivity contribution in [3.05, 3.63) is 44.6 Å². The van der Waals surface area contributed by atoms with Crippen LogP contribution in [0.25, 0.3) is 0 Å². The number of rotatable bonds is 2. The lowest BCUT2D eigenvalue weighted by molar-refractivity contribution is 0.586. The number of benzene rings is 1. The average Bonchev–Trinajstić information content (AvgIpc) is 2.59. The molecule has 0 aliphatic carbocycles. The summed E-state index contributed by atoms with van der Waals surface area (Å²) in [5, 5.41) is 17.0. The summed E-state index contributed by atoms with van der Waals surface area (Å²) in [5.41, 5.74) is 1.70. The molecule has 0 saturated carbocycles. The molecule has 0 bridgehead atoms. The highest BCUT2D eigenvalue weighted by molar-refractivity contribution is 9.13. The van der Waals surface area contributed by atoms with E-state index in [1.165, 1.54) is 0 Å². The Morgan fingerprint density at radius 1 is 1.12 bits per heavy atom. The summed E-state index contributed by atoms with van der Waals surface area (Å²) in [6, 6.07) is 9.42. The SMILES string of the molecule is N#Cc1ccc(Cn2nc(Br)c(Br)n2)cc1. The highest BCUT2D eigenvalue weighted by Gasteiger charge is 2.05. The van der Waals surface area contributed by atoms with E-state index in [0.29, 0.717) is 21.3 Å². The molecule has 0 radical (unpaired) electrons. The Morgan fingerprint density at radius 3 is 2.19 bits per heavy atom. The Labute approximate surface area is 109 Å². The van der Waals surface area contributed by atoms with E-state index in [4.69, 9.17) is 5.26 Å². The number of halogens is 2. The van der Waals surface area contributed by atoms with Gasteiger partial charge in [-0.15, -0.1) is 10.2 Å². The fourth-order valence-electron chi connectivity index (χ4n) is 1.23. The highest BCUT2D eigenvalue weighted by Crippen LogP contribution is 2.17. The lowest BCUT2D eigenvalue weighted by Crippen LogP contribution is -2.03. The second-order valence-corrected chi connectivity index (χ2v) is 4.62. The predicted octanol–water partition coefficient (Wildman–Crippen LogP) is 2.72. The second-order valence-electron chi connectivity index (χ2n) is 3.12. The van der Waals surface area contributed by atoms with Crippen molar-refractivity contribution in [1.29, 1.82) is 5.26 Å². The number of nitrogens with zero attached hydrogens (tertiary/aromatic N) is 4. The Bertz CT molecular complexity index is 519. The van der Waals surface area contributed by atoms with Crippen molar-refractivity contribution in [2.24, 2.45) is 0 Å². The number of hydrogen-bond donors (Lipinski definition) is 0. The van der Waals surface area contributed by atoms with Crippen LogP contribution in [0.4, 0.5) is 0 Å². The molecule has 0 fully saturated rings. The first kappa shape index (κ1) is 11.3. The van der Waals surface area contributed by atoms with Crippen molar-refractivity contribution in [3.63, 3.8) is 0 Å². The van der Waals surface area contributed by atoms with E-state index in [1.54, 1.807) is 16.9 Å². The monoisotopic (exact) mass is 340 g/mol. The minimum Gasteiger partial charge on any atom is -0.192 e. The van der Waals surface area contributed by atoms with Crippen molar-refractivity contribution in [3.8, 4) is 6.07 Å². The fourth-order valence-corrected chi connectivity index (χ4v) is 1.75. The van der Waals surface area contributed by atoms with E-state index >= 15 is 0 Å². The summed E-state index contributed by atoms with van der Waals surface area (Å²) in [6.45, 7) is 0.579. The van der Waals surface area contributed by atoms with Crippen LogP contribution in [0.3, 0.4) is 0 Å². The van der Waals surface area contributed by atoms with Gasteiger partial charge in [-0.1, -0.05) is 12.1 Å².